The van der Waals surface area contributed by atoms with Crippen molar-refractivity contribution in [3.8, 4) is 0 Å². The number of nitrogens with zero attached hydrogens (tertiary/aromatic N) is 2. The molecule has 0 aliphatic heterocycles. The molecule has 2 aromatic carbocycles. The van der Waals surface area contributed by atoms with Crippen LogP contribution in [0.1, 0.15) is 30.7 Å². The largest absolute Gasteiger partial charge is 0.315 e. The molecule has 4 heteroatoms. The number of hydrogen-bond acceptors (Lipinski definition) is 3. The normalized spacial score (nSPS) is 16.2. The summed E-state index contributed by atoms with van der Waals surface area (Å²) < 4.78 is 1.20. The van der Waals surface area contributed by atoms with Gasteiger partial charge in [-0.15, -0.1) is 11.3 Å². The van der Waals surface area contributed by atoms with E-state index in [1.807, 2.05) is 54.4 Å². The standard InChI is InChI=1S/C21H22N2OS/c1-23(16-9-3-2-4-10-16)20(24)21(13-7-8-14-21)15-19-22-17-11-5-6-12-18(17)25-19/h2-6,9-12H,7-8,13-15H2,1H3. The van der Waals surface area contributed by atoms with Crippen LogP contribution in [0.2, 0.25) is 0 Å². The highest BCUT2D eigenvalue weighted by Gasteiger charge is 2.43. The van der Waals surface area contributed by atoms with E-state index in [2.05, 4.69) is 12.1 Å². The number of hydrogen-bond donors (Lipinski definition) is 0. The highest BCUT2D eigenvalue weighted by molar-refractivity contribution is 7.18. The van der Waals surface area contributed by atoms with E-state index in [9.17, 15) is 4.79 Å². The third-order valence-corrected chi connectivity index (χ3v) is 6.33. The Balaban J connectivity index is 1.64. The molecule has 1 aromatic heterocycles. The molecule has 1 heterocycles. The fourth-order valence-corrected chi connectivity index (χ4v) is 5.04. The van der Waals surface area contributed by atoms with Crippen LogP contribution in [-0.2, 0) is 11.2 Å². The van der Waals surface area contributed by atoms with E-state index < -0.39 is 0 Å². The number of thiazole rings is 1. The Kier molecular flexibility index (Phi) is 4.30. The first-order valence-electron chi connectivity index (χ1n) is 8.86. The van der Waals surface area contributed by atoms with Crippen LogP contribution in [0.15, 0.2) is 54.6 Å². The zero-order valence-electron chi connectivity index (χ0n) is 14.4. The molecule has 4 rings (SSSR count). The third kappa shape index (κ3) is 3.07. The lowest BCUT2D eigenvalue weighted by atomic mass is 9.81. The van der Waals surface area contributed by atoms with E-state index in [-0.39, 0.29) is 11.3 Å². The molecule has 1 fully saturated rings. The van der Waals surface area contributed by atoms with Gasteiger partial charge in [-0.1, -0.05) is 43.2 Å². The second kappa shape index (κ2) is 6.60. The monoisotopic (exact) mass is 350 g/mol. The Hall–Kier alpha value is -2.20. The van der Waals surface area contributed by atoms with Gasteiger partial charge in [0.05, 0.1) is 20.6 Å². The molecule has 1 aliphatic carbocycles. The average Bonchev–Trinajstić information content (AvgIpc) is 3.28. The summed E-state index contributed by atoms with van der Waals surface area (Å²) in [5, 5.41) is 1.08. The molecule has 25 heavy (non-hydrogen) atoms. The third-order valence-electron chi connectivity index (χ3n) is 5.29. The topological polar surface area (TPSA) is 33.2 Å². The van der Waals surface area contributed by atoms with Crippen molar-refractivity contribution in [1.29, 1.82) is 0 Å². The molecular weight excluding hydrogens is 328 g/mol. The molecule has 0 spiro atoms. The van der Waals surface area contributed by atoms with Gasteiger partial charge in [-0.2, -0.15) is 0 Å². The van der Waals surface area contributed by atoms with Crippen molar-refractivity contribution in [3.63, 3.8) is 0 Å². The van der Waals surface area contributed by atoms with Crippen LogP contribution >= 0.6 is 11.3 Å². The summed E-state index contributed by atoms with van der Waals surface area (Å²) in [4.78, 5) is 20.0. The number of benzene rings is 2. The second-order valence-corrected chi connectivity index (χ2v) is 8.05. The average molecular weight is 350 g/mol. The second-order valence-electron chi connectivity index (χ2n) is 6.94. The lowest BCUT2D eigenvalue weighted by Gasteiger charge is -2.32. The maximum Gasteiger partial charge on any atom is 0.233 e. The van der Waals surface area contributed by atoms with Crippen LogP contribution in [0.5, 0.6) is 0 Å². The SMILES string of the molecule is CN(C(=O)C1(Cc2nc3ccccc3s2)CCCC1)c1ccccc1. The molecule has 1 amide bonds. The Morgan fingerprint density at radius 1 is 1.08 bits per heavy atom. The summed E-state index contributed by atoms with van der Waals surface area (Å²) in [5.41, 5.74) is 1.70. The minimum absolute atomic E-state index is 0.232. The van der Waals surface area contributed by atoms with Gasteiger partial charge in [0.25, 0.3) is 0 Å². The van der Waals surface area contributed by atoms with Gasteiger partial charge in [-0.05, 0) is 37.1 Å². The number of carbonyl (C=O) groups is 1. The first-order valence-corrected chi connectivity index (χ1v) is 9.67. The molecule has 3 nitrogen and oxygen atoms in total. The number of aromatic nitrogens is 1. The predicted molar refractivity (Wildman–Crippen MR) is 104 cm³/mol. The van der Waals surface area contributed by atoms with Gasteiger partial charge in [-0.3, -0.25) is 4.79 Å². The van der Waals surface area contributed by atoms with Crippen molar-refractivity contribution < 1.29 is 4.79 Å². The van der Waals surface area contributed by atoms with E-state index in [0.717, 1.165) is 48.3 Å². The van der Waals surface area contributed by atoms with E-state index in [1.165, 1.54) is 4.70 Å². The van der Waals surface area contributed by atoms with Crippen molar-refractivity contribution in [3.05, 3.63) is 59.6 Å². The Bertz CT molecular complexity index is 848. The molecule has 3 aromatic rings. The van der Waals surface area contributed by atoms with Crippen molar-refractivity contribution in [2.45, 2.75) is 32.1 Å². The summed E-state index contributed by atoms with van der Waals surface area (Å²) in [5.74, 6) is 0.232. The molecule has 0 bridgehead atoms. The zero-order chi connectivity index (χ0) is 17.3. The maximum absolute atomic E-state index is 13.4. The number of para-hydroxylation sites is 2. The molecule has 1 aliphatic rings. The van der Waals surface area contributed by atoms with Crippen LogP contribution in [0.25, 0.3) is 10.2 Å². The summed E-state index contributed by atoms with van der Waals surface area (Å²) in [6.07, 6.45) is 4.92. The lowest BCUT2D eigenvalue weighted by Crippen LogP contribution is -2.42. The van der Waals surface area contributed by atoms with Crippen molar-refractivity contribution in [1.82, 2.24) is 4.98 Å². The zero-order valence-corrected chi connectivity index (χ0v) is 15.3. The molecule has 0 N–H and O–H groups in total. The van der Waals surface area contributed by atoms with Crippen LogP contribution in [0.3, 0.4) is 0 Å². The number of fused-ring (bicyclic) bond motifs is 1. The van der Waals surface area contributed by atoms with Gasteiger partial charge < -0.3 is 4.90 Å². The first-order chi connectivity index (χ1) is 12.2. The summed E-state index contributed by atoms with van der Waals surface area (Å²) >= 11 is 1.73. The summed E-state index contributed by atoms with van der Waals surface area (Å²) in [6.45, 7) is 0. The molecular formula is C21H22N2OS. The first kappa shape index (κ1) is 16.3. The fourth-order valence-electron chi connectivity index (χ4n) is 3.93. The number of carbonyl (C=O) groups excluding carboxylic acids is 1. The Labute approximate surface area is 152 Å². The highest BCUT2D eigenvalue weighted by atomic mass is 32.1. The molecule has 1 saturated carbocycles. The van der Waals surface area contributed by atoms with Gasteiger partial charge in [0.15, 0.2) is 0 Å². The molecule has 0 saturated heterocycles. The minimum atomic E-state index is -0.307. The van der Waals surface area contributed by atoms with Crippen molar-refractivity contribution in [2.75, 3.05) is 11.9 Å². The van der Waals surface area contributed by atoms with Crippen molar-refractivity contribution in [2.24, 2.45) is 5.41 Å². The number of anilines is 1. The van der Waals surface area contributed by atoms with Crippen LogP contribution in [0, 0.1) is 5.41 Å². The fraction of sp³-hybridized carbons (Fsp3) is 0.333. The van der Waals surface area contributed by atoms with Gasteiger partial charge in [0.2, 0.25) is 5.91 Å². The number of rotatable bonds is 4. The molecule has 0 atom stereocenters. The number of amides is 1. The van der Waals surface area contributed by atoms with E-state index >= 15 is 0 Å². The van der Waals surface area contributed by atoms with Gasteiger partial charge in [-0.25, -0.2) is 4.98 Å². The Morgan fingerprint density at radius 3 is 2.48 bits per heavy atom. The maximum atomic E-state index is 13.4. The predicted octanol–water partition coefficient (Wildman–Crippen LogP) is 5.06. The molecule has 0 unspecified atom stereocenters. The minimum Gasteiger partial charge on any atom is -0.315 e. The van der Waals surface area contributed by atoms with Gasteiger partial charge in [0, 0.05) is 19.2 Å². The summed E-state index contributed by atoms with van der Waals surface area (Å²) in [6, 6.07) is 18.2. The smallest absolute Gasteiger partial charge is 0.233 e. The van der Waals surface area contributed by atoms with Crippen LogP contribution < -0.4 is 4.90 Å². The quantitative estimate of drug-likeness (QED) is 0.659. The highest BCUT2D eigenvalue weighted by Crippen LogP contribution is 2.44. The van der Waals surface area contributed by atoms with Gasteiger partial charge in [0.1, 0.15) is 0 Å². The van der Waals surface area contributed by atoms with Crippen molar-refractivity contribution >= 4 is 33.1 Å². The lowest BCUT2D eigenvalue weighted by molar-refractivity contribution is -0.127. The Morgan fingerprint density at radius 2 is 1.76 bits per heavy atom. The molecule has 128 valence electrons. The van der Waals surface area contributed by atoms with Crippen LogP contribution in [-0.4, -0.2) is 17.9 Å². The molecule has 0 radical (unpaired) electrons. The summed E-state index contributed by atoms with van der Waals surface area (Å²) in [7, 11) is 1.90. The van der Waals surface area contributed by atoms with E-state index in [0.29, 0.717) is 0 Å². The van der Waals surface area contributed by atoms with Crippen LogP contribution in [0.4, 0.5) is 5.69 Å². The van der Waals surface area contributed by atoms with E-state index in [1.54, 1.807) is 11.3 Å². The van der Waals surface area contributed by atoms with Gasteiger partial charge >= 0.3 is 0 Å². The van der Waals surface area contributed by atoms with E-state index in [4.69, 9.17) is 4.98 Å².